The topological polar surface area (TPSA) is 81.7 Å². The molecular weight excluding hydrogens is 450 g/mol. The third-order valence-corrected chi connectivity index (χ3v) is 6.25. The lowest BCUT2D eigenvalue weighted by atomic mass is 9.95. The highest BCUT2D eigenvalue weighted by Crippen LogP contribution is 2.25. The molecular formula is C27H31NO5S. The van der Waals surface area contributed by atoms with Gasteiger partial charge in [-0.05, 0) is 56.2 Å². The van der Waals surface area contributed by atoms with Gasteiger partial charge in [0.1, 0.15) is 16.2 Å². The molecule has 0 radical (unpaired) electrons. The standard InChI is InChI=1S/C27H31NO5S/c1-27(2,3)32-26(29)18-23(20-28-19-21-10-6-4-7-11-21)22-14-16-24(17-15-22)33-34(30,31)25-12-8-5-9-13-25/h4-17,23,28H,18-20H2,1-3H3. The van der Waals surface area contributed by atoms with Crippen molar-refractivity contribution in [2.75, 3.05) is 6.54 Å². The van der Waals surface area contributed by atoms with Gasteiger partial charge in [-0.2, -0.15) is 8.42 Å². The Morgan fingerprint density at radius 1 is 0.882 bits per heavy atom. The van der Waals surface area contributed by atoms with Crippen molar-refractivity contribution >= 4 is 16.1 Å². The quantitative estimate of drug-likeness (QED) is 0.322. The molecule has 0 aliphatic carbocycles. The van der Waals surface area contributed by atoms with Gasteiger partial charge in [-0.3, -0.25) is 4.79 Å². The molecule has 0 aliphatic heterocycles. The molecule has 0 aliphatic rings. The molecule has 0 spiro atoms. The molecule has 180 valence electrons. The van der Waals surface area contributed by atoms with Gasteiger partial charge in [0.2, 0.25) is 0 Å². The van der Waals surface area contributed by atoms with Gasteiger partial charge in [0, 0.05) is 19.0 Å². The van der Waals surface area contributed by atoms with Gasteiger partial charge in [0.15, 0.2) is 0 Å². The van der Waals surface area contributed by atoms with Gasteiger partial charge in [0.05, 0.1) is 6.42 Å². The largest absolute Gasteiger partial charge is 0.460 e. The third-order valence-electron chi connectivity index (χ3n) is 4.99. The first-order valence-corrected chi connectivity index (χ1v) is 12.6. The molecule has 1 N–H and O–H groups in total. The lowest BCUT2D eigenvalue weighted by Gasteiger charge is -2.23. The van der Waals surface area contributed by atoms with Crippen LogP contribution in [0, 0.1) is 0 Å². The Morgan fingerprint density at radius 2 is 1.47 bits per heavy atom. The van der Waals surface area contributed by atoms with Crippen LogP contribution in [0.3, 0.4) is 0 Å². The molecule has 0 amide bonds. The molecule has 0 saturated carbocycles. The molecule has 34 heavy (non-hydrogen) atoms. The summed E-state index contributed by atoms with van der Waals surface area (Å²) in [5.41, 5.74) is 1.46. The van der Waals surface area contributed by atoms with Crippen molar-refractivity contribution in [2.45, 2.75) is 50.2 Å². The van der Waals surface area contributed by atoms with E-state index in [4.69, 9.17) is 8.92 Å². The van der Waals surface area contributed by atoms with Crippen molar-refractivity contribution in [3.63, 3.8) is 0 Å². The zero-order valence-corrected chi connectivity index (χ0v) is 20.5. The minimum absolute atomic E-state index is 0.0898. The van der Waals surface area contributed by atoms with Crippen LogP contribution in [0.15, 0.2) is 89.8 Å². The summed E-state index contributed by atoms with van der Waals surface area (Å²) in [6.07, 6.45) is 0.196. The zero-order chi connectivity index (χ0) is 24.6. The summed E-state index contributed by atoms with van der Waals surface area (Å²) >= 11 is 0. The van der Waals surface area contributed by atoms with Crippen molar-refractivity contribution in [3.8, 4) is 5.75 Å². The molecule has 3 aromatic carbocycles. The van der Waals surface area contributed by atoms with E-state index >= 15 is 0 Å². The molecule has 6 nitrogen and oxygen atoms in total. The number of benzene rings is 3. The smallest absolute Gasteiger partial charge is 0.339 e. The molecule has 7 heteroatoms. The van der Waals surface area contributed by atoms with Gasteiger partial charge >= 0.3 is 16.1 Å². The van der Waals surface area contributed by atoms with E-state index in [-0.39, 0.29) is 29.0 Å². The van der Waals surface area contributed by atoms with Gasteiger partial charge in [0.25, 0.3) is 0 Å². The minimum atomic E-state index is -3.92. The molecule has 0 bridgehead atoms. The Labute approximate surface area is 202 Å². The Kier molecular flexibility index (Phi) is 8.47. The SMILES string of the molecule is CC(C)(C)OC(=O)CC(CNCc1ccccc1)c1ccc(OS(=O)(=O)c2ccccc2)cc1. The summed E-state index contributed by atoms with van der Waals surface area (Å²) in [5.74, 6) is -0.231. The van der Waals surface area contributed by atoms with Crippen LogP contribution in [0.2, 0.25) is 0 Å². The van der Waals surface area contributed by atoms with Crippen molar-refractivity contribution in [2.24, 2.45) is 0 Å². The fourth-order valence-corrected chi connectivity index (χ4v) is 4.39. The maximum absolute atomic E-state index is 12.5. The summed E-state index contributed by atoms with van der Waals surface area (Å²) in [5, 5.41) is 3.41. The van der Waals surface area contributed by atoms with Crippen molar-refractivity contribution in [1.29, 1.82) is 0 Å². The fourth-order valence-electron chi connectivity index (χ4n) is 3.44. The van der Waals surface area contributed by atoms with Gasteiger partial charge < -0.3 is 14.2 Å². The summed E-state index contributed by atoms with van der Waals surface area (Å²) in [4.78, 5) is 12.6. The lowest BCUT2D eigenvalue weighted by Crippen LogP contribution is -2.28. The van der Waals surface area contributed by atoms with Gasteiger partial charge in [-0.1, -0.05) is 60.7 Å². The first-order valence-electron chi connectivity index (χ1n) is 11.2. The number of carbonyl (C=O) groups is 1. The van der Waals surface area contributed by atoms with Crippen molar-refractivity contribution in [3.05, 3.63) is 96.1 Å². The van der Waals surface area contributed by atoms with Crippen molar-refractivity contribution in [1.82, 2.24) is 5.32 Å². The molecule has 1 atom stereocenters. The van der Waals surface area contributed by atoms with Crippen LogP contribution >= 0.6 is 0 Å². The highest BCUT2D eigenvalue weighted by atomic mass is 32.2. The van der Waals surface area contributed by atoms with Crippen LogP contribution in [0.5, 0.6) is 5.75 Å². The predicted octanol–water partition coefficient (Wildman–Crippen LogP) is 5.06. The number of nitrogens with one attached hydrogen (secondary N) is 1. The highest BCUT2D eigenvalue weighted by Gasteiger charge is 2.22. The fraction of sp³-hybridized carbons (Fsp3) is 0.296. The second-order valence-corrected chi connectivity index (χ2v) is 10.6. The number of hydrogen-bond acceptors (Lipinski definition) is 6. The van der Waals surface area contributed by atoms with Crippen LogP contribution in [-0.2, 0) is 26.2 Å². The van der Waals surface area contributed by atoms with Crippen LogP contribution in [0.25, 0.3) is 0 Å². The molecule has 0 aromatic heterocycles. The summed E-state index contributed by atoms with van der Waals surface area (Å²) in [6.45, 7) is 6.74. The van der Waals surface area contributed by atoms with Crippen LogP contribution in [0.1, 0.15) is 44.2 Å². The Balaban J connectivity index is 1.71. The maximum atomic E-state index is 12.5. The number of rotatable bonds is 10. The second kappa shape index (κ2) is 11.3. The normalized spacial score (nSPS) is 12.7. The Hall–Kier alpha value is -3.16. The van der Waals surface area contributed by atoms with Gasteiger partial charge in [-0.25, -0.2) is 0 Å². The van der Waals surface area contributed by atoms with Crippen LogP contribution < -0.4 is 9.50 Å². The first-order chi connectivity index (χ1) is 16.1. The highest BCUT2D eigenvalue weighted by molar-refractivity contribution is 7.87. The van der Waals surface area contributed by atoms with Crippen LogP contribution in [-0.4, -0.2) is 26.5 Å². The van der Waals surface area contributed by atoms with E-state index in [2.05, 4.69) is 5.32 Å². The summed E-state index contributed by atoms with van der Waals surface area (Å²) in [6, 6.07) is 24.8. The van der Waals surface area contributed by atoms with E-state index in [1.807, 2.05) is 51.1 Å². The number of hydrogen-bond donors (Lipinski definition) is 1. The van der Waals surface area contributed by atoms with E-state index in [1.54, 1.807) is 42.5 Å². The van der Waals surface area contributed by atoms with E-state index in [1.165, 1.54) is 12.1 Å². The second-order valence-electron chi connectivity index (χ2n) is 9.02. The molecule has 3 rings (SSSR count). The van der Waals surface area contributed by atoms with E-state index in [0.717, 1.165) is 11.1 Å². The maximum Gasteiger partial charge on any atom is 0.339 e. The third kappa shape index (κ3) is 8.01. The minimum Gasteiger partial charge on any atom is -0.460 e. The first kappa shape index (κ1) is 25.5. The van der Waals surface area contributed by atoms with Gasteiger partial charge in [-0.15, -0.1) is 0 Å². The Bertz CT molecular complexity index is 1160. The average molecular weight is 482 g/mol. The summed E-state index contributed by atoms with van der Waals surface area (Å²) < 4.78 is 35.8. The van der Waals surface area contributed by atoms with Crippen molar-refractivity contribution < 1.29 is 22.1 Å². The molecule has 1 unspecified atom stereocenters. The number of esters is 1. The molecule has 0 saturated heterocycles. The van der Waals surface area contributed by atoms with E-state index < -0.39 is 15.7 Å². The monoisotopic (exact) mass is 481 g/mol. The predicted molar refractivity (Wildman–Crippen MR) is 132 cm³/mol. The van der Waals surface area contributed by atoms with Crippen LogP contribution in [0.4, 0.5) is 0 Å². The Morgan fingerprint density at radius 3 is 2.06 bits per heavy atom. The zero-order valence-electron chi connectivity index (χ0n) is 19.7. The average Bonchev–Trinajstić information content (AvgIpc) is 2.79. The van der Waals surface area contributed by atoms with E-state index in [0.29, 0.717) is 13.1 Å². The van der Waals surface area contributed by atoms with E-state index in [9.17, 15) is 13.2 Å². The molecule has 0 fully saturated rings. The molecule has 0 heterocycles. The summed E-state index contributed by atoms with van der Waals surface area (Å²) in [7, 11) is -3.92. The number of carbonyl (C=O) groups excluding carboxylic acids is 1. The number of ether oxygens (including phenoxy) is 1. The molecule has 3 aromatic rings. The lowest BCUT2D eigenvalue weighted by molar-refractivity contribution is -0.155.